The number of ether oxygens (including phenoxy) is 1. The largest absolute Gasteiger partial charge is 0.397 e. The van der Waals surface area contributed by atoms with E-state index in [-0.39, 0.29) is 11.7 Å². The molecule has 21 heavy (non-hydrogen) atoms. The highest BCUT2D eigenvalue weighted by Gasteiger charge is 2.41. The molecular formula is C16H23N3O2. The molecule has 114 valence electrons. The van der Waals surface area contributed by atoms with Crippen molar-refractivity contribution < 1.29 is 9.53 Å². The van der Waals surface area contributed by atoms with E-state index in [0.717, 1.165) is 44.8 Å². The predicted octanol–water partition coefficient (Wildman–Crippen LogP) is 2.12. The molecule has 0 aliphatic carbocycles. The van der Waals surface area contributed by atoms with Crippen LogP contribution in [0.1, 0.15) is 37.2 Å². The average molecular weight is 289 g/mol. The molecule has 2 saturated heterocycles. The first kappa shape index (κ1) is 14.3. The molecule has 3 rings (SSSR count). The van der Waals surface area contributed by atoms with E-state index in [9.17, 15) is 4.79 Å². The summed E-state index contributed by atoms with van der Waals surface area (Å²) in [7, 11) is 0. The molecule has 5 heteroatoms. The zero-order valence-electron chi connectivity index (χ0n) is 12.8. The Morgan fingerprint density at radius 1 is 1.38 bits per heavy atom. The minimum atomic E-state index is -0.0842. The van der Waals surface area contributed by atoms with Gasteiger partial charge in [0.1, 0.15) is 5.69 Å². The summed E-state index contributed by atoms with van der Waals surface area (Å²) in [5, 5.41) is 0. The van der Waals surface area contributed by atoms with E-state index in [1.54, 1.807) is 6.20 Å². The molecule has 1 aromatic heterocycles. The SMILES string of the molecule is CC(C)C(=O)c1ncc(N2CCC3(CC2)COC3)cc1N. The lowest BCUT2D eigenvalue weighted by Crippen LogP contribution is -2.51. The van der Waals surface area contributed by atoms with E-state index in [4.69, 9.17) is 10.5 Å². The number of carbonyl (C=O) groups excluding carboxylic acids is 1. The number of nitrogen functional groups attached to an aromatic ring is 1. The molecule has 1 aromatic rings. The van der Waals surface area contributed by atoms with Crippen LogP contribution in [0, 0.1) is 11.3 Å². The summed E-state index contributed by atoms with van der Waals surface area (Å²) in [6.07, 6.45) is 4.08. The van der Waals surface area contributed by atoms with Crippen LogP contribution >= 0.6 is 0 Å². The first-order valence-corrected chi connectivity index (χ1v) is 7.63. The fourth-order valence-corrected chi connectivity index (χ4v) is 3.04. The molecule has 0 saturated carbocycles. The van der Waals surface area contributed by atoms with Crippen LogP contribution in [0.3, 0.4) is 0 Å². The van der Waals surface area contributed by atoms with Gasteiger partial charge in [-0.05, 0) is 18.9 Å². The number of carbonyl (C=O) groups is 1. The molecule has 5 nitrogen and oxygen atoms in total. The minimum Gasteiger partial charge on any atom is -0.397 e. The molecule has 0 radical (unpaired) electrons. The number of pyridine rings is 1. The number of hydrogen-bond donors (Lipinski definition) is 1. The summed E-state index contributed by atoms with van der Waals surface area (Å²) >= 11 is 0. The molecule has 0 amide bonds. The number of anilines is 2. The van der Waals surface area contributed by atoms with Crippen molar-refractivity contribution in [2.45, 2.75) is 26.7 Å². The maximum atomic E-state index is 12.0. The van der Waals surface area contributed by atoms with Crippen LogP contribution < -0.4 is 10.6 Å². The number of piperidine rings is 1. The Hall–Kier alpha value is -1.62. The first-order valence-electron chi connectivity index (χ1n) is 7.63. The van der Waals surface area contributed by atoms with Gasteiger partial charge in [0.25, 0.3) is 0 Å². The van der Waals surface area contributed by atoms with E-state index < -0.39 is 0 Å². The van der Waals surface area contributed by atoms with Crippen LogP contribution in [0.5, 0.6) is 0 Å². The second kappa shape index (κ2) is 5.30. The van der Waals surface area contributed by atoms with E-state index >= 15 is 0 Å². The zero-order valence-corrected chi connectivity index (χ0v) is 12.8. The van der Waals surface area contributed by atoms with Crippen LogP contribution in [-0.2, 0) is 4.74 Å². The number of rotatable bonds is 3. The molecule has 2 aliphatic rings. The topological polar surface area (TPSA) is 68.5 Å². The number of Topliss-reactive ketones (excluding diaryl/α,β-unsaturated/α-hetero) is 1. The highest BCUT2D eigenvalue weighted by molar-refractivity contribution is 6.00. The van der Waals surface area contributed by atoms with E-state index in [0.29, 0.717) is 16.8 Å². The number of nitrogens with zero attached hydrogens (tertiary/aromatic N) is 2. The van der Waals surface area contributed by atoms with Crippen LogP contribution in [-0.4, -0.2) is 37.1 Å². The smallest absolute Gasteiger partial charge is 0.185 e. The fourth-order valence-electron chi connectivity index (χ4n) is 3.04. The Labute approximate surface area is 125 Å². The normalized spacial score (nSPS) is 20.6. The maximum Gasteiger partial charge on any atom is 0.185 e. The summed E-state index contributed by atoms with van der Waals surface area (Å²) < 4.78 is 5.35. The molecule has 3 heterocycles. The third kappa shape index (κ3) is 2.62. The maximum absolute atomic E-state index is 12.0. The van der Waals surface area contributed by atoms with Gasteiger partial charge >= 0.3 is 0 Å². The van der Waals surface area contributed by atoms with Crippen molar-refractivity contribution in [3.63, 3.8) is 0 Å². The quantitative estimate of drug-likeness (QED) is 0.863. The number of hydrogen-bond acceptors (Lipinski definition) is 5. The van der Waals surface area contributed by atoms with Gasteiger partial charge in [0, 0.05) is 24.4 Å². The minimum absolute atomic E-state index is 0.00302. The standard InChI is InChI=1S/C16H23N3O2/c1-11(2)15(20)14-13(17)7-12(8-18-14)19-5-3-16(4-6-19)9-21-10-16/h7-8,11H,3-6,9-10,17H2,1-2H3. The van der Waals surface area contributed by atoms with E-state index in [1.807, 2.05) is 19.9 Å². The monoisotopic (exact) mass is 289 g/mol. The van der Waals surface area contributed by atoms with Crippen LogP contribution in [0.4, 0.5) is 11.4 Å². The lowest BCUT2D eigenvalue weighted by Gasteiger charge is -2.47. The molecular weight excluding hydrogens is 266 g/mol. The van der Waals surface area contributed by atoms with Crippen LogP contribution in [0.25, 0.3) is 0 Å². The van der Waals surface area contributed by atoms with Crippen molar-refractivity contribution in [3.05, 3.63) is 18.0 Å². The zero-order chi connectivity index (χ0) is 15.0. The summed E-state index contributed by atoms with van der Waals surface area (Å²) in [5.41, 5.74) is 8.35. The van der Waals surface area contributed by atoms with Crippen molar-refractivity contribution >= 4 is 17.2 Å². The van der Waals surface area contributed by atoms with Crippen molar-refractivity contribution in [1.82, 2.24) is 4.98 Å². The van der Waals surface area contributed by atoms with Crippen molar-refractivity contribution in [2.24, 2.45) is 11.3 Å². The van der Waals surface area contributed by atoms with Gasteiger partial charge in [-0.15, -0.1) is 0 Å². The van der Waals surface area contributed by atoms with Gasteiger partial charge in [0.15, 0.2) is 5.78 Å². The Bertz CT molecular complexity index is 542. The Morgan fingerprint density at radius 3 is 2.52 bits per heavy atom. The fraction of sp³-hybridized carbons (Fsp3) is 0.625. The molecule has 2 aliphatic heterocycles. The molecule has 2 N–H and O–H groups in total. The summed E-state index contributed by atoms with van der Waals surface area (Å²) in [5.74, 6) is -0.0811. The summed E-state index contributed by atoms with van der Waals surface area (Å²) in [6.45, 7) is 7.54. The first-order chi connectivity index (χ1) is 10.0. The summed E-state index contributed by atoms with van der Waals surface area (Å²) in [4.78, 5) is 18.6. The molecule has 0 atom stereocenters. The number of ketones is 1. The van der Waals surface area contributed by atoms with Crippen LogP contribution in [0.2, 0.25) is 0 Å². The number of aromatic nitrogens is 1. The Balaban J connectivity index is 1.72. The molecule has 0 aromatic carbocycles. The molecule has 1 spiro atoms. The lowest BCUT2D eigenvalue weighted by atomic mass is 9.77. The third-order valence-electron chi connectivity index (χ3n) is 4.67. The molecule has 2 fully saturated rings. The van der Waals surface area contributed by atoms with Gasteiger partial charge < -0.3 is 15.4 Å². The van der Waals surface area contributed by atoms with Gasteiger partial charge in [-0.1, -0.05) is 13.8 Å². The van der Waals surface area contributed by atoms with E-state index in [2.05, 4.69) is 9.88 Å². The van der Waals surface area contributed by atoms with Gasteiger partial charge in [-0.3, -0.25) is 4.79 Å². The highest BCUT2D eigenvalue weighted by atomic mass is 16.5. The van der Waals surface area contributed by atoms with Gasteiger partial charge in [-0.2, -0.15) is 0 Å². The van der Waals surface area contributed by atoms with Gasteiger partial charge in [0.2, 0.25) is 0 Å². The van der Waals surface area contributed by atoms with Crippen molar-refractivity contribution in [1.29, 1.82) is 0 Å². The number of nitrogens with two attached hydrogens (primary N) is 1. The second-order valence-corrected chi connectivity index (χ2v) is 6.63. The Morgan fingerprint density at radius 2 is 2.05 bits per heavy atom. The third-order valence-corrected chi connectivity index (χ3v) is 4.67. The lowest BCUT2D eigenvalue weighted by molar-refractivity contribution is -0.124. The van der Waals surface area contributed by atoms with Crippen molar-refractivity contribution in [3.8, 4) is 0 Å². The van der Waals surface area contributed by atoms with Crippen LogP contribution in [0.15, 0.2) is 12.3 Å². The Kier molecular flexibility index (Phi) is 3.61. The van der Waals surface area contributed by atoms with Gasteiger partial charge in [0.05, 0.1) is 30.8 Å². The average Bonchev–Trinajstić information content (AvgIpc) is 2.45. The van der Waals surface area contributed by atoms with Gasteiger partial charge in [-0.25, -0.2) is 4.98 Å². The second-order valence-electron chi connectivity index (χ2n) is 6.63. The summed E-state index contributed by atoms with van der Waals surface area (Å²) in [6, 6.07) is 1.89. The predicted molar refractivity (Wildman–Crippen MR) is 82.5 cm³/mol. The highest BCUT2D eigenvalue weighted by Crippen LogP contribution is 2.39. The molecule has 0 unspecified atom stereocenters. The molecule has 0 bridgehead atoms. The van der Waals surface area contributed by atoms with E-state index in [1.165, 1.54) is 0 Å². The van der Waals surface area contributed by atoms with Crippen molar-refractivity contribution in [2.75, 3.05) is 36.9 Å².